The van der Waals surface area contributed by atoms with E-state index >= 15 is 0 Å². The summed E-state index contributed by atoms with van der Waals surface area (Å²) in [5.41, 5.74) is 8.19. The monoisotopic (exact) mass is 614 g/mol. The van der Waals surface area contributed by atoms with Gasteiger partial charge in [-0.2, -0.15) is 0 Å². The van der Waals surface area contributed by atoms with Gasteiger partial charge in [-0.05, 0) is 82.7 Å². The number of unbranched alkanes of at least 4 members (excludes halogenated alkanes) is 3. The van der Waals surface area contributed by atoms with Crippen molar-refractivity contribution in [2.75, 3.05) is 11.9 Å². The largest absolute Gasteiger partial charge is 0.444 e. The van der Waals surface area contributed by atoms with Crippen molar-refractivity contribution in [3.8, 4) is 0 Å². The molecule has 2 atom stereocenters. The van der Waals surface area contributed by atoms with E-state index in [2.05, 4.69) is 17.6 Å². The summed E-state index contributed by atoms with van der Waals surface area (Å²) in [6, 6.07) is 8.81. The van der Waals surface area contributed by atoms with Crippen LogP contribution in [0, 0.1) is 20.8 Å². The Labute approximate surface area is 260 Å². The van der Waals surface area contributed by atoms with Crippen LogP contribution in [0.4, 0.5) is 10.5 Å². The zero-order chi connectivity index (χ0) is 32.3. The fourth-order valence-electron chi connectivity index (χ4n) is 4.94. The highest BCUT2D eigenvalue weighted by atomic mass is 35.5. The lowest BCUT2D eigenvalue weighted by Crippen LogP contribution is -2.53. The Kier molecular flexibility index (Phi) is 13.5. The average Bonchev–Trinajstić information content (AvgIpc) is 2.90. The lowest BCUT2D eigenvalue weighted by atomic mass is 9.93. The van der Waals surface area contributed by atoms with Crippen molar-refractivity contribution in [1.29, 1.82) is 0 Å². The number of nitrogens with zero attached hydrogens (tertiary/aromatic N) is 1. The predicted molar refractivity (Wildman–Crippen MR) is 171 cm³/mol. The number of alkyl carbamates (subject to hydrolysis) is 1. The molecular weight excluding hydrogens is 568 g/mol. The molecule has 0 saturated carbocycles. The molecule has 2 aromatic rings. The maximum atomic E-state index is 14.4. The van der Waals surface area contributed by atoms with E-state index in [1.165, 1.54) is 4.90 Å². The van der Waals surface area contributed by atoms with Crippen molar-refractivity contribution < 1.29 is 23.9 Å². The number of hydrogen-bond acceptors (Lipinski definition) is 5. The Hall–Kier alpha value is -3.59. The molecular formula is C33H47ClN4O5. The number of carbonyl (C=O) groups excluding carboxylic acids is 4. The van der Waals surface area contributed by atoms with Crippen molar-refractivity contribution in [2.45, 2.75) is 105 Å². The second-order valence-electron chi connectivity index (χ2n) is 11.9. The van der Waals surface area contributed by atoms with Gasteiger partial charge in [0.05, 0.1) is 10.7 Å². The van der Waals surface area contributed by atoms with E-state index in [1.807, 2.05) is 45.0 Å². The fraction of sp³-hybridized carbons (Fsp3) is 0.515. The van der Waals surface area contributed by atoms with Gasteiger partial charge in [0.1, 0.15) is 17.7 Å². The highest BCUT2D eigenvalue weighted by Crippen LogP contribution is 2.32. The first kappa shape index (κ1) is 35.6. The van der Waals surface area contributed by atoms with Crippen LogP contribution in [0.3, 0.4) is 0 Å². The van der Waals surface area contributed by atoms with Gasteiger partial charge in [0.25, 0.3) is 5.91 Å². The standard InChI is InChI=1S/C33H47ClN4O5/c1-8-9-10-11-20-38(31(41)25(18-19-26(35)39)36-32(42)43-33(5,6)7)29(27-21(2)14-12-15-22(27)3)30(40)37-28-23(4)16-13-17-24(28)34/h12-17,25,29H,8-11,18-20H2,1-7H3,(H2,35,39)(H,36,42)(H,37,40). The molecule has 0 radical (unpaired) electrons. The van der Waals surface area contributed by atoms with Crippen molar-refractivity contribution in [3.05, 3.63) is 63.7 Å². The Bertz CT molecular complexity index is 1250. The van der Waals surface area contributed by atoms with Crippen LogP contribution in [0.15, 0.2) is 36.4 Å². The summed E-state index contributed by atoms with van der Waals surface area (Å²) in [6.07, 6.45) is 2.43. The summed E-state index contributed by atoms with van der Waals surface area (Å²) in [4.78, 5) is 54.8. The number of aryl methyl sites for hydroxylation is 3. The molecule has 4 amide bonds. The number of para-hydroxylation sites is 1. The van der Waals surface area contributed by atoms with Crippen LogP contribution in [-0.2, 0) is 19.1 Å². The minimum absolute atomic E-state index is 0.0520. The number of ether oxygens (including phenoxy) is 1. The first-order chi connectivity index (χ1) is 20.2. The van der Waals surface area contributed by atoms with E-state index in [4.69, 9.17) is 22.1 Å². The van der Waals surface area contributed by atoms with E-state index < -0.39 is 41.5 Å². The zero-order valence-corrected chi connectivity index (χ0v) is 27.3. The van der Waals surface area contributed by atoms with E-state index in [-0.39, 0.29) is 19.4 Å². The van der Waals surface area contributed by atoms with Crippen LogP contribution in [0.2, 0.25) is 5.02 Å². The molecule has 0 bridgehead atoms. The van der Waals surface area contributed by atoms with Crippen LogP contribution in [0.1, 0.15) is 94.5 Å². The summed E-state index contributed by atoms with van der Waals surface area (Å²) < 4.78 is 5.42. The van der Waals surface area contributed by atoms with Crippen LogP contribution >= 0.6 is 11.6 Å². The first-order valence-electron chi connectivity index (χ1n) is 14.9. The van der Waals surface area contributed by atoms with E-state index in [9.17, 15) is 19.2 Å². The number of carbonyl (C=O) groups is 4. The first-order valence-corrected chi connectivity index (χ1v) is 15.2. The number of amides is 4. The number of nitrogens with one attached hydrogen (secondary N) is 2. The highest BCUT2D eigenvalue weighted by molar-refractivity contribution is 6.34. The topological polar surface area (TPSA) is 131 Å². The Morgan fingerprint density at radius 3 is 2.12 bits per heavy atom. The molecule has 0 spiro atoms. The maximum Gasteiger partial charge on any atom is 0.408 e. The molecule has 0 aliphatic carbocycles. The number of nitrogens with two attached hydrogens (primary N) is 1. The molecule has 0 fully saturated rings. The van der Waals surface area contributed by atoms with Crippen LogP contribution in [-0.4, -0.2) is 46.9 Å². The minimum atomic E-state index is -1.16. The lowest BCUT2D eigenvalue weighted by Gasteiger charge is -2.36. The normalized spacial score (nSPS) is 12.7. The van der Waals surface area contributed by atoms with Gasteiger partial charge in [0.2, 0.25) is 11.8 Å². The number of primary amides is 1. The molecule has 2 unspecified atom stereocenters. The summed E-state index contributed by atoms with van der Waals surface area (Å²) in [5.74, 6) is -1.57. The van der Waals surface area contributed by atoms with Gasteiger partial charge < -0.3 is 26.0 Å². The Morgan fingerprint density at radius 2 is 1.56 bits per heavy atom. The van der Waals surface area contributed by atoms with Gasteiger partial charge in [-0.3, -0.25) is 14.4 Å². The molecule has 0 heterocycles. The highest BCUT2D eigenvalue weighted by Gasteiger charge is 2.37. The molecule has 236 valence electrons. The van der Waals surface area contributed by atoms with Crippen LogP contribution in [0.5, 0.6) is 0 Å². The second-order valence-corrected chi connectivity index (χ2v) is 12.3. The van der Waals surface area contributed by atoms with Crippen LogP contribution in [0.25, 0.3) is 0 Å². The number of rotatable bonds is 14. The number of halogens is 1. The quantitative estimate of drug-likeness (QED) is 0.209. The van der Waals surface area contributed by atoms with Crippen molar-refractivity contribution >= 4 is 41.1 Å². The molecule has 4 N–H and O–H groups in total. The number of hydrogen-bond donors (Lipinski definition) is 3. The molecule has 2 aromatic carbocycles. The fourth-order valence-corrected chi connectivity index (χ4v) is 5.21. The summed E-state index contributed by atoms with van der Waals surface area (Å²) >= 11 is 6.48. The third kappa shape index (κ3) is 10.9. The molecule has 10 heteroatoms. The molecule has 0 aromatic heterocycles. The third-order valence-corrected chi connectivity index (χ3v) is 7.36. The SMILES string of the molecule is CCCCCCN(C(=O)C(CCC(N)=O)NC(=O)OC(C)(C)C)C(C(=O)Nc1c(C)cccc1Cl)c1c(C)cccc1C. The third-order valence-electron chi connectivity index (χ3n) is 7.05. The maximum absolute atomic E-state index is 14.4. The second kappa shape index (κ2) is 16.3. The van der Waals surface area contributed by atoms with E-state index in [0.29, 0.717) is 22.7 Å². The summed E-state index contributed by atoms with van der Waals surface area (Å²) in [5, 5.41) is 5.99. The van der Waals surface area contributed by atoms with Gasteiger partial charge in [0.15, 0.2) is 0 Å². The Balaban J connectivity index is 2.66. The Morgan fingerprint density at radius 1 is 0.953 bits per heavy atom. The number of anilines is 1. The number of benzene rings is 2. The van der Waals surface area contributed by atoms with Crippen molar-refractivity contribution in [2.24, 2.45) is 5.73 Å². The van der Waals surface area contributed by atoms with Gasteiger partial charge in [0, 0.05) is 13.0 Å². The van der Waals surface area contributed by atoms with Gasteiger partial charge in [-0.25, -0.2) is 4.79 Å². The predicted octanol–water partition coefficient (Wildman–Crippen LogP) is 6.51. The molecule has 0 saturated heterocycles. The zero-order valence-electron chi connectivity index (χ0n) is 26.5. The minimum Gasteiger partial charge on any atom is -0.444 e. The van der Waals surface area contributed by atoms with E-state index in [0.717, 1.165) is 36.0 Å². The average molecular weight is 615 g/mol. The van der Waals surface area contributed by atoms with E-state index in [1.54, 1.807) is 32.9 Å². The van der Waals surface area contributed by atoms with Crippen molar-refractivity contribution in [1.82, 2.24) is 10.2 Å². The van der Waals surface area contributed by atoms with Crippen LogP contribution < -0.4 is 16.4 Å². The van der Waals surface area contributed by atoms with Gasteiger partial charge >= 0.3 is 6.09 Å². The summed E-state index contributed by atoms with van der Waals surface area (Å²) in [7, 11) is 0. The molecule has 9 nitrogen and oxygen atoms in total. The smallest absolute Gasteiger partial charge is 0.408 e. The van der Waals surface area contributed by atoms with Gasteiger partial charge in [-0.1, -0.05) is 68.1 Å². The van der Waals surface area contributed by atoms with Crippen molar-refractivity contribution in [3.63, 3.8) is 0 Å². The molecule has 0 aliphatic heterocycles. The molecule has 43 heavy (non-hydrogen) atoms. The summed E-state index contributed by atoms with van der Waals surface area (Å²) in [6.45, 7) is 13.1. The van der Waals surface area contributed by atoms with Gasteiger partial charge in [-0.15, -0.1) is 0 Å². The lowest BCUT2D eigenvalue weighted by molar-refractivity contribution is -0.141. The molecule has 2 rings (SSSR count). The molecule has 0 aliphatic rings.